The molecule has 0 radical (unpaired) electrons. The fourth-order valence-electron chi connectivity index (χ4n) is 1.39. The van der Waals surface area contributed by atoms with Gasteiger partial charge in [0, 0.05) is 0 Å². The van der Waals surface area contributed by atoms with Crippen LogP contribution in [0.4, 0.5) is 0 Å². The molecule has 1 rings (SSSR count). The lowest BCUT2D eigenvalue weighted by molar-refractivity contribution is 0.917. The number of hydrogen-bond donors (Lipinski definition) is 0. The van der Waals surface area contributed by atoms with Crippen LogP contribution in [0.25, 0.3) is 0 Å². The van der Waals surface area contributed by atoms with Crippen molar-refractivity contribution in [1.82, 2.24) is 0 Å². The molecule has 0 aliphatic heterocycles. The molecule has 0 atom stereocenters. The summed E-state index contributed by atoms with van der Waals surface area (Å²) < 4.78 is 0. The van der Waals surface area contributed by atoms with Gasteiger partial charge in [0.1, 0.15) is 0 Å². The molecule has 0 unspecified atom stereocenters. The van der Waals surface area contributed by atoms with Gasteiger partial charge >= 0.3 is 0 Å². The van der Waals surface area contributed by atoms with Crippen molar-refractivity contribution in [3.8, 4) is 5.92 Å². The van der Waals surface area contributed by atoms with Crippen molar-refractivity contribution in [3.63, 3.8) is 0 Å². The fraction of sp³-hybridized carbons (Fsp3) is 0.333. The van der Waals surface area contributed by atoms with Gasteiger partial charge in [-0.25, -0.2) is 0 Å². The van der Waals surface area contributed by atoms with E-state index in [0.717, 1.165) is 24.0 Å². The summed E-state index contributed by atoms with van der Waals surface area (Å²) in [5, 5.41) is 0. The van der Waals surface area contributed by atoms with Crippen LogP contribution in [-0.2, 0) is 6.42 Å². The Hall–Kier alpha value is -1.22. The molecule has 0 spiro atoms. The molecule has 1 aromatic carbocycles. The van der Waals surface area contributed by atoms with E-state index in [9.17, 15) is 0 Å². The van der Waals surface area contributed by atoms with Crippen molar-refractivity contribution in [1.29, 1.82) is 0 Å². The van der Waals surface area contributed by atoms with Crippen LogP contribution in [0.2, 0.25) is 0 Å². The van der Waals surface area contributed by atoms with Crippen molar-refractivity contribution in [2.24, 2.45) is 0 Å². The minimum absolute atomic E-state index is 0.972. The summed E-state index contributed by atoms with van der Waals surface area (Å²) in [4.78, 5) is 0. The van der Waals surface area contributed by atoms with Gasteiger partial charge in [0.25, 0.3) is 0 Å². The van der Waals surface area contributed by atoms with Gasteiger partial charge in [-0.05, 0) is 6.42 Å². The van der Waals surface area contributed by atoms with Gasteiger partial charge < -0.3 is 6.42 Å². The summed E-state index contributed by atoms with van der Waals surface area (Å²) in [7, 11) is 0. The first-order chi connectivity index (χ1) is 5.79. The summed E-state index contributed by atoms with van der Waals surface area (Å²) in [5.41, 5.74) is 3.36. The Bertz CT molecular complexity index is 302. The Morgan fingerprint density at radius 1 is 1.42 bits per heavy atom. The third kappa shape index (κ3) is 1.68. The second kappa shape index (κ2) is 3.97. The molecule has 1 aromatic rings. The van der Waals surface area contributed by atoms with Crippen molar-refractivity contribution in [2.45, 2.75) is 26.7 Å². The zero-order valence-corrected chi connectivity index (χ0v) is 7.65. The fourth-order valence-corrected chi connectivity index (χ4v) is 1.39. The van der Waals surface area contributed by atoms with E-state index in [1.807, 2.05) is 19.1 Å². The maximum atomic E-state index is 7.15. The molecular weight excluding hydrogens is 144 g/mol. The predicted molar refractivity (Wildman–Crippen MR) is 51.4 cm³/mol. The zero-order chi connectivity index (χ0) is 8.97. The van der Waals surface area contributed by atoms with E-state index in [1.54, 1.807) is 0 Å². The van der Waals surface area contributed by atoms with Crippen molar-refractivity contribution in [3.05, 3.63) is 41.3 Å². The van der Waals surface area contributed by atoms with Gasteiger partial charge in [-0.1, -0.05) is 38.5 Å². The quantitative estimate of drug-likeness (QED) is 0.457. The van der Waals surface area contributed by atoms with E-state index in [0.29, 0.717) is 0 Å². The van der Waals surface area contributed by atoms with Crippen LogP contribution in [0.5, 0.6) is 0 Å². The highest BCUT2D eigenvalue weighted by Gasteiger charge is 1.92. The van der Waals surface area contributed by atoms with E-state index >= 15 is 0 Å². The topological polar surface area (TPSA) is 0 Å². The maximum absolute atomic E-state index is 7.15. The van der Waals surface area contributed by atoms with E-state index in [2.05, 4.69) is 18.9 Å². The molecule has 0 bridgehead atoms. The van der Waals surface area contributed by atoms with Crippen LogP contribution in [0.15, 0.2) is 18.2 Å². The Balaban J connectivity index is 3.11. The van der Waals surface area contributed by atoms with E-state index in [4.69, 9.17) is 6.42 Å². The molecule has 12 heavy (non-hydrogen) atoms. The average molecular weight is 157 g/mol. The van der Waals surface area contributed by atoms with E-state index < -0.39 is 0 Å². The van der Waals surface area contributed by atoms with E-state index in [-0.39, 0.29) is 0 Å². The van der Waals surface area contributed by atoms with Gasteiger partial charge in [-0.3, -0.25) is 5.92 Å². The Labute approximate surface area is 74.6 Å². The Morgan fingerprint density at radius 3 is 2.75 bits per heavy atom. The molecule has 0 saturated carbocycles. The van der Waals surface area contributed by atoms with Crippen LogP contribution < -0.4 is 0 Å². The molecular formula is C12H13-. The van der Waals surface area contributed by atoms with E-state index in [1.165, 1.54) is 5.56 Å². The molecule has 62 valence electrons. The summed E-state index contributed by atoms with van der Waals surface area (Å²) in [6.45, 7) is 4.17. The van der Waals surface area contributed by atoms with Crippen LogP contribution in [-0.4, -0.2) is 0 Å². The Morgan fingerprint density at radius 2 is 2.17 bits per heavy atom. The third-order valence-electron chi connectivity index (χ3n) is 2.00. The lowest BCUT2D eigenvalue weighted by atomic mass is 9.99. The average Bonchev–Trinajstić information content (AvgIpc) is 2.05. The van der Waals surface area contributed by atoms with Crippen LogP contribution >= 0.6 is 0 Å². The molecule has 0 aliphatic rings. The molecule has 0 aliphatic carbocycles. The highest BCUT2D eigenvalue weighted by molar-refractivity contribution is 5.44. The third-order valence-corrected chi connectivity index (χ3v) is 2.00. The highest BCUT2D eigenvalue weighted by atomic mass is 14.0. The summed E-state index contributed by atoms with van der Waals surface area (Å²) in [6.07, 6.45) is 9.32. The number of rotatable bonds is 2. The minimum atomic E-state index is 0.972. The Kier molecular flexibility index (Phi) is 2.94. The lowest BCUT2D eigenvalue weighted by Gasteiger charge is -2.13. The molecule has 0 amide bonds. The summed E-state index contributed by atoms with van der Waals surface area (Å²) >= 11 is 0. The SMILES string of the molecule is [C-]#Cc1c(C)cccc1CCC. The zero-order valence-electron chi connectivity index (χ0n) is 7.65. The minimum Gasteiger partial charge on any atom is -0.366 e. The maximum Gasteiger partial charge on any atom is -0.0438 e. The summed E-state index contributed by atoms with van der Waals surface area (Å²) in [5.74, 6) is 2.50. The van der Waals surface area contributed by atoms with Crippen LogP contribution in [0, 0.1) is 19.3 Å². The highest BCUT2D eigenvalue weighted by Crippen LogP contribution is 2.14. The van der Waals surface area contributed by atoms with Gasteiger partial charge in [-0.15, -0.1) is 16.7 Å². The number of aryl methyl sites for hydroxylation is 2. The van der Waals surface area contributed by atoms with Crippen LogP contribution in [0.3, 0.4) is 0 Å². The lowest BCUT2D eigenvalue weighted by Crippen LogP contribution is -1.91. The smallest absolute Gasteiger partial charge is 0.0438 e. The second-order valence-electron chi connectivity index (χ2n) is 2.98. The largest absolute Gasteiger partial charge is 0.366 e. The summed E-state index contributed by atoms with van der Waals surface area (Å²) in [6, 6.07) is 6.14. The molecule has 0 fully saturated rings. The van der Waals surface area contributed by atoms with Gasteiger partial charge in [-0.2, -0.15) is 0 Å². The number of hydrogen-bond acceptors (Lipinski definition) is 0. The van der Waals surface area contributed by atoms with Gasteiger partial charge in [0.15, 0.2) is 0 Å². The molecule has 0 aromatic heterocycles. The normalized spacial score (nSPS) is 9.42. The first kappa shape index (κ1) is 8.87. The van der Waals surface area contributed by atoms with Crippen LogP contribution in [0.1, 0.15) is 30.0 Å². The van der Waals surface area contributed by atoms with Crippen molar-refractivity contribution < 1.29 is 0 Å². The number of benzene rings is 1. The monoisotopic (exact) mass is 157 g/mol. The molecule has 0 heteroatoms. The second-order valence-corrected chi connectivity index (χ2v) is 2.98. The van der Waals surface area contributed by atoms with Gasteiger partial charge in [0.2, 0.25) is 0 Å². The first-order valence-corrected chi connectivity index (χ1v) is 4.30. The van der Waals surface area contributed by atoms with Gasteiger partial charge in [0.05, 0.1) is 0 Å². The molecule has 0 nitrogen and oxygen atoms in total. The molecule has 0 heterocycles. The van der Waals surface area contributed by atoms with Crippen molar-refractivity contribution >= 4 is 0 Å². The first-order valence-electron chi connectivity index (χ1n) is 4.30. The predicted octanol–water partition coefficient (Wildman–Crippen LogP) is 2.89. The molecule has 0 N–H and O–H groups in total. The molecule has 0 saturated heterocycles. The standard InChI is InChI=1S/C12H13/c1-4-7-11-9-6-8-10(3)12(11)5-2/h6,8-9H,4,7H2,1,3H3/q-1. The van der Waals surface area contributed by atoms with Crippen molar-refractivity contribution in [2.75, 3.05) is 0 Å².